The van der Waals surface area contributed by atoms with Gasteiger partial charge in [-0.25, -0.2) is 15.0 Å². The smallest absolute Gasteiger partial charge is 0.265 e. The van der Waals surface area contributed by atoms with E-state index in [1.807, 2.05) is 11.0 Å². The second-order valence-electron chi connectivity index (χ2n) is 6.49. The average Bonchev–Trinajstić information content (AvgIpc) is 3.32. The molecule has 0 spiro atoms. The number of thiazole rings is 1. The quantitative estimate of drug-likeness (QED) is 0.904. The number of nitrogens with zero attached hydrogens (tertiary/aromatic N) is 4. The second kappa shape index (κ2) is 7.05. The molecule has 2 N–H and O–H groups in total. The van der Waals surface area contributed by atoms with E-state index in [-0.39, 0.29) is 23.9 Å². The zero-order valence-corrected chi connectivity index (χ0v) is 14.7. The number of ether oxygens (including phenoxy) is 1. The highest BCUT2D eigenvalue weighted by atomic mass is 32.1. The molecule has 0 radical (unpaired) electrons. The Morgan fingerprint density at radius 1 is 1.32 bits per heavy atom. The summed E-state index contributed by atoms with van der Waals surface area (Å²) in [6.45, 7) is 2.20. The SMILES string of the molecule is Nc1nccc(C2CCCN(C(=O)c3cnc(C4CCCO4)s3)C2)n1. The van der Waals surface area contributed by atoms with Gasteiger partial charge in [0.1, 0.15) is 16.0 Å². The summed E-state index contributed by atoms with van der Waals surface area (Å²) >= 11 is 1.46. The number of anilines is 1. The van der Waals surface area contributed by atoms with Crippen molar-refractivity contribution in [2.75, 3.05) is 25.4 Å². The van der Waals surface area contributed by atoms with Gasteiger partial charge in [0.25, 0.3) is 5.91 Å². The van der Waals surface area contributed by atoms with Gasteiger partial charge in [-0.3, -0.25) is 4.79 Å². The van der Waals surface area contributed by atoms with Gasteiger partial charge in [0.15, 0.2) is 0 Å². The summed E-state index contributed by atoms with van der Waals surface area (Å²) in [7, 11) is 0. The largest absolute Gasteiger partial charge is 0.371 e. The van der Waals surface area contributed by atoms with Gasteiger partial charge < -0.3 is 15.4 Å². The number of nitrogen functional groups attached to an aromatic ring is 1. The minimum atomic E-state index is 0.0495. The third-order valence-electron chi connectivity index (χ3n) is 4.76. The summed E-state index contributed by atoms with van der Waals surface area (Å²) in [5.74, 6) is 0.534. The van der Waals surface area contributed by atoms with E-state index in [1.165, 1.54) is 11.3 Å². The van der Waals surface area contributed by atoms with Crippen molar-refractivity contribution in [1.82, 2.24) is 19.9 Å². The number of likely N-dealkylation sites (tertiary alicyclic amines) is 1. The normalized spacial score (nSPS) is 23.8. The van der Waals surface area contributed by atoms with Gasteiger partial charge in [-0.05, 0) is 31.7 Å². The summed E-state index contributed by atoms with van der Waals surface area (Å²) in [6, 6.07) is 1.89. The standard InChI is InChI=1S/C17H21N5O2S/c18-17-19-6-5-12(21-17)11-3-1-7-22(10-11)16(23)14-9-20-15(25-14)13-4-2-8-24-13/h5-6,9,11,13H,1-4,7-8,10H2,(H2,18,19,21). The molecule has 0 saturated carbocycles. The van der Waals surface area contributed by atoms with E-state index in [2.05, 4.69) is 15.0 Å². The zero-order chi connectivity index (χ0) is 17.2. The Kier molecular flexibility index (Phi) is 4.63. The predicted molar refractivity (Wildman–Crippen MR) is 94.4 cm³/mol. The van der Waals surface area contributed by atoms with Crippen molar-refractivity contribution in [1.29, 1.82) is 0 Å². The molecular formula is C17H21N5O2S. The van der Waals surface area contributed by atoms with Crippen molar-refractivity contribution in [3.05, 3.63) is 34.0 Å². The van der Waals surface area contributed by atoms with Gasteiger partial charge in [-0.2, -0.15) is 0 Å². The van der Waals surface area contributed by atoms with E-state index < -0.39 is 0 Å². The topological polar surface area (TPSA) is 94.2 Å². The summed E-state index contributed by atoms with van der Waals surface area (Å²) in [4.78, 5) is 28.1. The Labute approximate surface area is 150 Å². The van der Waals surface area contributed by atoms with Gasteiger partial charge in [-0.15, -0.1) is 11.3 Å². The first-order valence-electron chi connectivity index (χ1n) is 8.66. The molecule has 0 aromatic carbocycles. The number of hydrogen-bond acceptors (Lipinski definition) is 7. The molecular weight excluding hydrogens is 338 g/mol. The van der Waals surface area contributed by atoms with E-state index in [4.69, 9.17) is 10.5 Å². The van der Waals surface area contributed by atoms with Crippen LogP contribution in [0.3, 0.4) is 0 Å². The monoisotopic (exact) mass is 359 g/mol. The fraction of sp³-hybridized carbons (Fsp3) is 0.529. The minimum Gasteiger partial charge on any atom is -0.371 e. The van der Waals surface area contributed by atoms with E-state index in [1.54, 1.807) is 12.4 Å². The number of carbonyl (C=O) groups excluding carboxylic acids is 1. The lowest BCUT2D eigenvalue weighted by Gasteiger charge is -2.32. The third kappa shape index (κ3) is 3.50. The van der Waals surface area contributed by atoms with Crippen LogP contribution in [-0.4, -0.2) is 45.5 Å². The van der Waals surface area contributed by atoms with Crippen LogP contribution in [0.15, 0.2) is 18.5 Å². The number of piperidine rings is 1. The van der Waals surface area contributed by atoms with Gasteiger partial charge in [0.05, 0.1) is 11.9 Å². The number of aromatic nitrogens is 3. The molecule has 2 aliphatic rings. The van der Waals surface area contributed by atoms with Crippen molar-refractivity contribution in [2.45, 2.75) is 37.7 Å². The zero-order valence-electron chi connectivity index (χ0n) is 13.9. The van der Waals surface area contributed by atoms with Crippen molar-refractivity contribution >= 4 is 23.2 Å². The van der Waals surface area contributed by atoms with E-state index in [0.29, 0.717) is 11.4 Å². The maximum Gasteiger partial charge on any atom is 0.265 e. The summed E-state index contributed by atoms with van der Waals surface area (Å²) in [6.07, 6.45) is 7.43. The van der Waals surface area contributed by atoms with Crippen LogP contribution < -0.4 is 5.73 Å². The molecule has 4 heterocycles. The van der Waals surface area contributed by atoms with E-state index >= 15 is 0 Å². The van der Waals surface area contributed by atoms with Gasteiger partial charge in [0, 0.05) is 31.8 Å². The van der Waals surface area contributed by atoms with Crippen LogP contribution in [0.25, 0.3) is 0 Å². The fourth-order valence-corrected chi connectivity index (χ4v) is 4.45. The molecule has 2 aromatic heterocycles. The summed E-state index contributed by atoms with van der Waals surface area (Å²) in [5, 5.41) is 0.915. The van der Waals surface area contributed by atoms with Crippen molar-refractivity contribution in [3.8, 4) is 0 Å². The Morgan fingerprint density at radius 2 is 2.24 bits per heavy atom. The Balaban J connectivity index is 1.46. The lowest BCUT2D eigenvalue weighted by Crippen LogP contribution is -2.39. The van der Waals surface area contributed by atoms with Gasteiger partial charge in [0.2, 0.25) is 5.95 Å². The molecule has 4 rings (SSSR count). The van der Waals surface area contributed by atoms with E-state index in [9.17, 15) is 4.79 Å². The molecule has 2 aromatic rings. The lowest BCUT2D eigenvalue weighted by molar-refractivity contribution is 0.0710. The number of carbonyl (C=O) groups is 1. The first-order valence-corrected chi connectivity index (χ1v) is 9.47. The molecule has 7 nitrogen and oxygen atoms in total. The maximum atomic E-state index is 12.9. The first kappa shape index (κ1) is 16.4. The van der Waals surface area contributed by atoms with Crippen LogP contribution >= 0.6 is 11.3 Å². The number of amides is 1. The number of hydrogen-bond donors (Lipinski definition) is 1. The molecule has 2 unspecified atom stereocenters. The van der Waals surface area contributed by atoms with Crippen molar-refractivity contribution < 1.29 is 9.53 Å². The molecule has 2 saturated heterocycles. The van der Waals surface area contributed by atoms with E-state index in [0.717, 1.165) is 49.5 Å². The van der Waals surface area contributed by atoms with Crippen LogP contribution in [0.4, 0.5) is 5.95 Å². The van der Waals surface area contributed by atoms with Crippen molar-refractivity contribution in [3.63, 3.8) is 0 Å². The molecule has 2 aliphatic heterocycles. The molecule has 25 heavy (non-hydrogen) atoms. The maximum absolute atomic E-state index is 12.9. The van der Waals surface area contributed by atoms with Crippen molar-refractivity contribution in [2.24, 2.45) is 0 Å². The summed E-state index contributed by atoms with van der Waals surface area (Å²) in [5.41, 5.74) is 6.60. The first-order chi connectivity index (χ1) is 12.2. The second-order valence-corrected chi connectivity index (χ2v) is 7.56. The van der Waals surface area contributed by atoms with Crippen LogP contribution in [0, 0.1) is 0 Å². The molecule has 8 heteroatoms. The molecule has 132 valence electrons. The molecule has 2 fully saturated rings. The highest BCUT2D eigenvalue weighted by Crippen LogP contribution is 2.33. The Bertz CT molecular complexity index is 759. The third-order valence-corrected chi connectivity index (χ3v) is 5.84. The fourth-order valence-electron chi connectivity index (χ4n) is 3.48. The Morgan fingerprint density at radius 3 is 3.04 bits per heavy atom. The highest BCUT2D eigenvalue weighted by molar-refractivity contribution is 7.13. The van der Waals surface area contributed by atoms with Crippen LogP contribution in [0.2, 0.25) is 0 Å². The Hall–Kier alpha value is -2.06. The van der Waals surface area contributed by atoms with Gasteiger partial charge >= 0.3 is 0 Å². The van der Waals surface area contributed by atoms with Gasteiger partial charge in [-0.1, -0.05) is 0 Å². The molecule has 1 amide bonds. The van der Waals surface area contributed by atoms with Crippen LogP contribution in [-0.2, 0) is 4.74 Å². The van der Waals surface area contributed by atoms with Crippen LogP contribution in [0.5, 0.6) is 0 Å². The predicted octanol–water partition coefficient (Wildman–Crippen LogP) is 2.39. The molecule has 2 atom stereocenters. The lowest BCUT2D eigenvalue weighted by atomic mass is 9.94. The average molecular weight is 359 g/mol. The highest BCUT2D eigenvalue weighted by Gasteiger charge is 2.29. The van der Waals surface area contributed by atoms with Crippen LogP contribution in [0.1, 0.15) is 58.1 Å². The number of rotatable bonds is 3. The molecule has 0 bridgehead atoms. The summed E-state index contributed by atoms with van der Waals surface area (Å²) < 4.78 is 5.66. The number of nitrogens with two attached hydrogens (primary N) is 1. The minimum absolute atomic E-state index is 0.0495. The molecule has 0 aliphatic carbocycles.